The van der Waals surface area contributed by atoms with Crippen molar-refractivity contribution in [3.63, 3.8) is 0 Å². The Morgan fingerprint density at radius 3 is 2.03 bits per heavy atom. The lowest BCUT2D eigenvalue weighted by Crippen LogP contribution is -2.50. The number of para-hydroxylation sites is 1. The van der Waals surface area contributed by atoms with Gasteiger partial charge in [0, 0.05) is 31.7 Å². The minimum Gasteiger partial charge on any atom is -0.497 e. The molecule has 2 heterocycles. The van der Waals surface area contributed by atoms with Crippen molar-refractivity contribution in [1.82, 2.24) is 15.1 Å². The number of rotatable bonds is 8. The van der Waals surface area contributed by atoms with Gasteiger partial charge in [-0.15, -0.1) is 10.2 Å². The number of hydrogen-bond donors (Lipinski definition) is 0. The van der Waals surface area contributed by atoms with Crippen LogP contribution in [0.2, 0.25) is 0 Å². The number of nitrogens with zero attached hydrogens (tertiary/aromatic N) is 4. The summed E-state index contributed by atoms with van der Waals surface area (Å²) >= 11 is 0. The van der Waals surface area contributed by atoms with Gasteiger partial charge >= 0.3 is 0 Å². The lowest BCUT2D eigenvalue weighted by Gasteiger charge is -2.35. The molecule has 0 aliphatic carbocycles. The van der Waals surface area contributed by atoms with Gasteiger partial charge in [0.1, 0.15) is 23.0 Å². The van der Waals surface area contributed by atoms with Crippen LogP contribution < -0.4 is 19.1 Å². The van der Waals surface area contributed by atoms with Crippen LogP contribution in [0, 0.1) is 0 Å². The molecule has 4 aromatic rings. The minimum atomic E-state index is -0.0369. The van der Waals surface area contributed by atoms with Gasteiger partial charge in [0.05, 0.1) is 12.8 Å². The number of methoxy groups -OCH3 is 1. The first-order valence-electron chi connectivity index (χ1n) is 12.1. The summed E-state index contributed by atoms with van der Waals surface area (Å²) in [6.45, 7) is 2.58. The quantitative estimate of drug-likeness (QED) is 0.351. The van der Waals surface area contributed by atoms with Gasteiger partial charge in [-0.2, -0.15) is 0 Å². The Labute approximate surface area is 216 Å². The summed E-state index contributed by atoms with van der Waals surface area (Å²) in [5.74, 6) is 3.67. The van der Waals surface area contributed by atoms with Crippen LogP contribution in [0.3, 0.4) is 0 Å². The van der Waals surface area contributed by atoms with Crippen LogP contribution in [-0.4, -0.2) is 60.9 Å². The molecule has 8 nitrogen and oxygen atoms in total. The third-order valence-corrected chi connectivity index (χ3v) is 6.16. The van der Waals surface area contributed by atoms with Crippen LogP contribution >= 0.6 is 0 Å². The zero-order chi connectivity index (χ0) is 25.5. The molecule has 8 heteroatoms. The van der Waals surface area contributed by atoms with Crippen LogP contribution in [0.1, 0.15) is 0 Å². The molecule has 0 atom stereocenters. The molecular weight excluding hydrogens is 468 g/mol. The number of amides is 1. The van der Waals surface area contributed by atoms with Crippen molar-refractivity contribution in [2.24, 2.45) is 0 Å². The number of carbonyl (C=O) groups is 1. The van der Waals surface area contributed by atoms with Gasteiger partial charge < -0.3 is 24.0 Å². The SMILES string of the molecule is COc1ccc(-c2ccc(N3CCN(C(=O)COc4ccc(Oc5ccccc5)cc4)CC3)nn2)cc1. The zero-order valence-corrected chi connectivity index (χ0v) is 20.6. The van der Waals surface area contributed by atoms with Gasteiger partial charge in [-0.05, 0) is 72.8 Å². The third kappa shape index (κ3) is 6.16. The number of hydrogen-bond acceptors (Lipinski definition) is 7. The summed E-state index contributed by atoms with van der Waals surface area (Å²) in [5, 5.41) is 8.79. The Morgan fingerprint density at radius 1 is 0.730 bits per heavy atom. The van der Waals surface area contributed by atoms with Crippen molar-refractivity contribution >= 4 is 11.7 Å². The van der Waals surface area contributed by atoms with E-state index in [0.717, 1.165) is 28.6 Å². The van der Waals surface area contributed by atoms with E-state index >= 15 is 0 Å². The number of aromatic nitrogens is 2. The van der Waals surface area contributed by atoms with E-state index in [1.807, 2.05) is 83.8 Å². The van der Waals surface area contributed by atoms with Crippen molar-refractivity contribution in [3.8, 4) is 34.3 Å². The molecule has 0 N–H and O–H groups in total. The van der Waals surface area contributed by atoms with Crippen LogP contribution in [0.15, 0.2) is 91.0 Å². The van der Waals surface area contributed by atoms with Crippen molar-refractivity contribution in [3.05, 3.63) is 91.0 Å². The summed E-state index contributed by atoms with van der Waals surface area (Å²) in [5.41, 5.74) is 1.78. The molecule has 1 aliphatic rings. The average molecular weight is 497 g/mol. The minimum absolute atomic E-state index is 0.00471. The fraction of sp³-hybridized carbons (Fsp3) is 0.207. The van der Waals surface area contributed by atoms with Crippen molar-refractivity contribution in [2.75, 3.05) is 44.8 Å². The standard InChI is InChI=1S/C29H28N4O4/c1-35-23-9-7-22(8-10-23)27-15-16-28(31-30-27)32-17-19-33(20-18-32)29(34)21-36-24-11-13-26(14-12-24)37-25-5-3-2-4-6-25/h2-16H,17-21H2,1H3. The Balaban J connectivity index is 1.08. The predicted molar refractivity (Wildman–Crippen MR) is 141 cm³/mol. The Bertz CT molecular complexity index is 1290. The van der Waals surface area contributed by atoms with Crippen molar-refractivity contribution < 1.29 is 19.0 Å². The fourth-order valence-electron chi connectivity index (χ4n) is 4.06. The molecule has 0 bridgehead atoms. The van der Waals surface area contributed by atoms with Crippen LogP contribution in [0.25, 0.3) is 11.3 Å². The van der Waals surface area contributed by atoms with E-state index in [0.29, 0.717) is 37.7 Å². The molecular formula is C29H28N4O4. The second-order valence-electron chi connectivity index (χ2n) is 8.55. The number of piperazine rings is 1. The molecule has 0 unspecified atom stereocenters. The van der Waals surface area contributed by atoms with E-state index in [2.05, 4.69) is 15.1 Å². The maximum absolute atomic E-state index is 12.7. The summed E-state index contributed by atoms with van der Waals surface area (Å²) in [7, 11) is 1.64. The number of benzene rings is 3. The lowest BCUT2D eigenvalue weighted by molar-refractivity contribution is -0.133. The van der Waals surface area contributed by atoms with E-state index in [1.54, 1.807) is 19.2 Å². The monoisotopic (exact) mass is 496 g/mol. The lowest BCUT2D eigenvalue weighted by atomic mass is 10.1. The first-order valence-corrected chi connectivity index (χ1v) is 12.1. The molecule has 0 spiro atoms. The Morgan fingerprint density at radius 2 is 1.38 bits per heavy atom. The summed E-state index contributed by atoms with van der Waals surface area (Å²) in [4.78, 5) is 16.7. The molecule has 1 amide bonds. The van der Waals surface area contributed by atoms with Crippen LogP contribution in [0.4, 0.5) is 5.82 Å². The second-order valence-corrected chi connectivity index (χ2v) is 8.55. The Hall–Kier alpha value is -4.59. The highest BCUT2D eigenvalue weighted by Gasteiger charge is 2.22. The maximum atomic E-state index is 12.7. The molecule has 37 heavy (non-hydrogen) atoms. The topological polar surface area (TPSA) is 77.0 Å². The second kappa shape index (κ2) is 11.4. The molecule has 1 saturated heterocycles. The predicted octanol–water partition coefficient (Wildman–Crippen LogP) is 4.67. The smallest absolute Gasteiger partial charge is 0.260 e. The van der Waals surface area contributed by atoms with Gasteiger partial charge in [0.15, 0.2) is 12.4 Å². The van der Waals surface area contributed by atoms with E-state index in [1.165, 1.54) is 0 Å². The van der Waals surface area contributed by atoms with Crippen LogP contribution in [-0.2, 0) is 4.79 Å². The highest BCUT2D eigenvalue weighted by atomic mass is 16.5. The molecule has 3 aromatic carbocycles. The fourth-order valence-corrected chi connectivity index (χ4v) is 4.06. The molecule has 1 aromatic heterocycles. The number of ether oxygens (including phenoxy) is 3. The molecule has 188 valence electrons. The molecule has 1 fully saturated rings. The highest BCUT2D eigenvalue weighted by molar-refractivity contribution is 5.78. The van der Waals surface area contributed by atoms with Gasteiger partial charge in [0.2, 0.25) is 0 Å². The van der Waals surface area contributed by atoms with Crippen molar-refractivity contribution in [2.45, 2.75) is 0 Å². The molecule has 0 radical (unpaired) electrons. The summed E-state index contributed by atoms with van der Waals surface area (Å²) < 4.78 is 16.7. The maximum Gasteiger partial charge on any atom is 0.260 e. The Kier molecular flexibility index (Phi) is 7.45. The first-order chi connectivity index (χ1) is 18.2. The average Bonchev–Trinajstić information content (AvgIpc) is 2.97. The van der Waals surface area contributed by atoms with E-state index in [4.69, 9.17) is 14.2 Å². The zero-order valence-electron chi connectivity index (χ0n) is 20.6. The first kappa shape index (κ1) is 24.1. The number of carbonyl (C=O) groups excluding carboxylic acids is 1. The van der Waals surface area contributed by atoms with Gasteiger partial charge in [-0.3, -0.25) is 4.79 Å². The largest absolute Gasteiger partial charge is 0.497 e. The molecule has 0 saturated carbocycles. The third-order valence-electron chi connectivity index (χ3n) is 6.16. The normalized spacial score (nSPS) is 13.2. The van der Waals surface area contributed by atoms with Gasteiger partial charge in [0.25, 0.3) is 5.91 Å². The molecule has 1 aliphatic heterocycles. The summed E-state index contributed by atoms with van der Waals surface area (Å²) in [6, 6.07) is 28.5. The van der Waals surface area contributed by atoms with Gasteiger partial charge in [-0.25, -0.2) is 0 Å². The van der Waals surface area contributed by atoms with E-state index in [-0.39, 0.29) is 12.5 Å². The molecule has 5 rings (SSSR count). The highest BCUT2D eigenvalue weighted by Crippen LogP contribution is 2.24. The van der Waals surface area contributed by atoms with Crippen molar-refractivity contribution in [1.29, 1.82) is 0 Å². The number of anilines is 1. The van der Waals surface area contributed by atoms with E-state index in [9.17, 15) is 4.79 Å². The van der Waals surface area contributed by atoms with Crippen LogP contribution in [0.5, 0.6) is 23.0 Å². The summed E-state index contributed by atoms with van der Waals surface area (Å²) in [6.07, 6.45) is 0. The van der Waals surface area contributed by atoms with E-state index < -0.39 is 0 Å². The van der Waals surface area contributed by atoms with Gasteiger partial charge in [-0.1, -0.05) is 18.2 Å².